The van der Waals surface area contributed by atoms with Crippen molar-refractivity contribution in [1.29, 1.82) is 0 Å². The third-order valence-electron chi connectivity index (χ3n) is 3.01. The van der Waals surface area contributed by atoms with Gasteiger partial charge in [0.15, 0.2) is 0 Å². The van der Waals surface area contributed by atoms with Crippen LogP contribution in [0.1, 0.15) is 6.92 Å². The first-order valence-corrected chi connectivity index (χ1v) is 9.50. The third-order valence-corrected chi connectivity index (χ3v) is 5.73. The number of rotatable bonds is 5. The van der Waals surface area contributed by atoms with E-state index in [1.165, 1.54) is 5.19 Å². The molecule has 0 atom stereocenters. The summed E-state index contributed by atoms with van der Waals surface area (Å²) in [5, 5.41) is 1.25. The zero-order valence-electron chi connectivity index (χ0n) is 11.7. The van der Waals surface area contributed by atoms with Gasteiger partial charge < -0.3 is 9.16 Å². The van der Waals surface area contributed by atoms with E-state index >= 15 is 0 Å². The zero-order chi connectivity index (χ0) is 13.7. The van der Waals surface area contributed by atoms with Gasteiger partial charge in [-0.05, 0) is 49.5 Å². The number of benzene rings is 2. The van der Waals surface area contributed by atoms with Gasteiger partial charge in [-0.1, -0.05) is 30.3 Å². The van der Waals surface area contributed by atoms with Crippen molar-refractivity contribution in [3.05, 3.63) is 54.6 Å². The van der Waals surface area contributed by atoms with E-state index in [9.17, 15) is 0 Å². The molecule has 0 radical (unpaired) electrons. The Labute approximate surface area is 116 Å². The van der Waals surface area contributed by atoms with Gasteiger partial charge in [-0.25, -0.2) is 0 Å². The van der Waals surface area contributed by atoms with Gasteiger partial charge in [0.25, 0.3) is 0 Å². The minimum absolute atomic E-state index is 0.753. The summed E-state index contributed by atoms with van der Waals surface area (Å²) in [7, 11) is -1.81. The van der Waals surface area contributed by atoms with Gasteiger partial charge in [0.2, 0.25) is 8.32 Å². The second-order valence-electron chi connectivity index (χ2n) is 4.89. The lowest BCUT2D eigenvalue weighted by atomic mass is 10.3. The Balaban J connectivity index is 2.20. The van der Waals surface area contributed by atoms with E-state index in [4.69, 9.17) is 9.16 Å². The fourth-order valence-electron chi connectivity index (χ4n) is 2.00. The molecule has 100 valence electrons. The fourth-order valence-corrected chi connectivity index (χ4v) is 3.88. The molecule has 0 heterocycles. The number of ether oxygens (including phenoxy) is 1. The van der Waals surface area contributed by atoms with Crippen LogP contribution in [0.25, 0.3) is 0 Å². The molecule has 0 unspecified atom stereocenters. The molecule has 19 heavy (non-hydrogen) atoms. The second-order valence-corrected chi connectivity index (χ2v) is 8.77. The molecule has 0 N–H and O–H groups in total. The van der Waals surface area contributed by atoms with Crippen LogP contribution in [0.4, 0.5) is 0 Å². The van der Waals surface area contributed by atoms with Crippen LogP contribution in [0.3, 0.4) is 0 Å². The molecule has 0 saturated carbocycles. The SMILES string of the molecule is CCO[Si](C)(C)c1cccc(Oc2ccccc2)c1. The lowest BCUT2D eigenvalue weighted by Gasteiger charge is -2.22. The van der Waals surface area contributed by atoms with Crippen LogP contribution >= 0.6 is 0 Å². The molecule has 0 aromatic heterocycles. The number of hydrogen-bond donors (Lipinski definition) is 0. The Hall–Kier alpha value is -1.58. The van der Waals surface area contributed by atoms with Gasteiger partial charge >= 0.3 is 0 Å². The van der Waals surface area contributed by atoms with Crippen LogP contribution in [0.5, 0.6) is 11.5 Å². The lowest BCUT2D eigenvalue weighted by molar-refractivity contribution is 0.339. The van der Waals surface area contributed by atoms with Crippen LogP contribution in [0, 0.1) is 0 Å². The summed E-state index contributed by atoms with van der Waals surface area (Å²) in [4.78, 5) is 0. The maximum Gasteiger partial charge on any atom is 0.218 e. The second kappa shape index (κ2) is 6.04. The van der Waals surface area contributed by atoms with Crippen molar-refractivity contribution in [3.8, 4) is 11.5 Å². The van der Waals surface area contributed by atoms with Crippen LogP contribution in [-0.4, -0.2) is 14.9 Å². The minimum Gasteiger partial charge on any atom is -0.457 e. The molecule has 0 amide bonds. The summed E-state index contributed by atoms with van der Waals surface area (Å²) in [5.74, 6) is 1.72. The van der Waals surface area contributed by atoms with Crippen molar-refractivity contribution in [2.75, 3.05) is 6.61 Å². The summed E-state index contributed by atoms with van der Waals surface area (Å²) in [6.07, 6.45) is 0. The van der Waals surface area contributed by atoms with Gasteiger partial charge in [-0.3, -0.25) is 0 Å². The normalized spacial score (nSPS) is 11.3. The van der Waals surface area contributed by atoms with Crippen LogP contribution in [-0.2, 0) is 4.43 Å². The van der Waals surface area contributed by atoms with Gasteiger partial charge in [-0.2, -0.15) is 0 Å². The highest BCUT2D eigenvalue weighted by atomic mass is 28.4. The first-order valence-electron chi connectivity index (χ1n) is 6.59. The van der Waals surface area contributed by atoms with E-state index in [0.717, 1.165) is 18.1 Å². The molecule has 0 aliphatic rings. The Bertz CT molecular complexity index is 523. The molecule has 2 aromatic carbocycles. The highest BCUT2D eigenvalue weighted by molar-refractivity contribution is 6.84. The van der Waals surface area contributed by atoms with E-state index in [1.807, 2.05) is 49.4 Å². The van der Waals surface area contributed by atoms with Gasteiger partial charge in [0.1, 0.15) is 11.5 Å². The third kappa shape index (κ3) is 3.69. The molecular formula is C16H20O2Si. The lowest BCUT2D eigenvalue weighted by Crippen LogP contribution is -2.44. The molecule has 0 fully saturated rings. The van der Waals surface area contributed by atoms with Crippen LogP contribution in [0.2, 0.25) is 13.1 Å². The van der Waals surface area contributed by atoms with Crippen LogP contribution < -0.4 is 9.92 Å². The summed E-state index contributed by atoms with van der Waals surface area (Å²) in [6, 6.07) is 18.1. The molecular weight excluding hydrogens is 252 g/mol. The summed E-state index contributed by atoms with van der Waals surface area (Å²) in [5.41, 5.74) is 0. The van der Waals surface area contributed by atoms with E-state index in [0.29, 0.717) is 0 Å². The van der Waals surface area contributed by atoms with E-state index in [-0.39, 0.29) is 0 Å². The number of hydrogen-bond acceptors (Lipinski definition) is 2. The summed E-state index contributed by atoms with van der Waals surface area (Å²) in [6.45, 7) is 7.21. The first kappa shape index (κ1) is 13.8. The van der Waals surface area contributed by atoms with E-state index in [1.54, 1.807) is 0 Å². The first-order chi connectivity index (χ1) is 9.12. The van der Waals surface area contributed by atoms with Gasteiger partial charge in [0, 0.05) is 6.61 Å². The Morgan fingerprint density at radius 3 is 2.26 bits per heavy atom. The van der Waals surface area contributed by atoms with Crippen molar-refractivity contribution in [2.24, 2.45) is 0 Å². The molecule has 0 aliphatic heterocycles. The summed E-state index contributed by atoms with van der Waals surface area (Å²) >= 11 is 0. The maximum atomic E-state index is 5.90. The molecule has 0 spiro atoms. The van der Waals surface area contributed by atoms with Crippen LogP contribution in [0.15, 0.2) is 54.6 Å². The molecule has 0 aliphatic carbocycles. The smallest absolute Gasteiger partial charge is 0.218 e. The highest BCUT2D eigenvalue weighted by Gasteiger charge is 2.24. The average molecular weight is 272 g/mol. The van der Waals surface area contributed by atoms with Crippen molar-refractivity contribution in [3.63, 3.8) is 0 Å². The van der Waals surface area contributed by atoms with E-state index < -0.39 is 8.32 Å². The molecule has 0 bridgehead atoms. The Morgan fingerprint density at radius 1 is 0.895 bits per heavy atom. The molecule has 2 aromatic rings. The quantitative estimate of drug-likeness (QED) is 0.768. The van der Waals surface area contributed by atoms with Gasteiger partial charge in [0.05, 0.1) is 0 Å². The van der Waals surface area contributed by atoms with Crippen molar-refractivity contribution < 1.29 is 9.16 Å². The summed E-state index contributed by atoms with van der Waals surface area (Å²) < 4.78 is 11.8. The Kier molecular flexibility index (Phi) is 4.40. The van der Waals surface area contributed by atoms with Gasteiger partial charge in [-0.15, -0.1) is 0 Å². The molecule has 3 heteroatoms. The number of para-hydroxylation sites is 1. The standard InChI is InChI=1S/C16H20O2Si/c1-4-17-19(2,3)16-12-8-11-15(13-16)18-14-9-6-5-7-10-14/h5-13H,4H2,1-3H3. The predicted molar refractivity (Wildman–Crippen MR) is 81.7 cm³/mol. The van der Waals surface area contributed by atoms with Crippen molar-refractivity contribution in [2.45, 2.75) is 20.0 Å². The highest BCUT2D eigenvalue weighted by Crippen LogP contribution is 2.20. The maximum absolute atomic E-state index is 5.90. The average Bonchev–Trinajstić information content (AvgIpc) is 2.40. The minimum atomic E-state index is -1.81. The topological polar surface area (TPSA) is 18.5 Å². The monoisotopic (exact) mass is 272 g/mol. The largest absolute Gasteiger partial charge is 0.457 e. The molecule has 0 saturated heterocycles. The molecule has 2 nitrogen and oxygen atoms in total. The van der Waals surface area contributed by atoms with Crippen molar-refractivity contribution in [1.82, 2.24) is 0 Å². The fraction of sp³-hybridized carbons (Fsp3) is 0.250. The van der Waals surface area contributed by atoms with E-state index in [2.05, 4.69) is 25.2 Å². The Morgan fingerprint density at radius 2 is 1.58 bits per heavy atom. The zero-order valence-corrected chi connectivity index (χ0v) is 12.7. The predicted octanol–water partition coefficient (Wildman–Crippen LogP) is 3.93. The molecule has 2 rings (SSSR count). The van der Waals surface area contributed by atoms with Crippen molar-refractivity contribution >= 4 is 13.5 Å².